The number of rotatable bonds is 10. The summed E-state index contributed by atoms with van der Waals surface area (Å²) in [6.07, 6.45) is 2.74. The Morgan fingerprint density at radius 3 is 2.53 bits per heavy atom. The Kier molecular flexibility index (Phi) is 9.46. The summed E-state index contributed by atoms with van der Waals surface area (Å²) in [4.78, 5) is 59.8. The molecule has 2 rings (SSSR count). The molecule has 9 nitrogen and oxygen atoms in total. The summed E-state index contributed by atoms with van der Waals surface area (Å²) in [5, 5.41) is 9.20. The predicted octanol–water partition coefficient (Wildman–Crippen LogP) is 1.92. The first-order chi connectivity index (χ1) is 14.3. The van der Waals surface area contributed by atoms with Crippen LogP contribution in [0.2, 0.25) is 0 Å². The highest BCUT2D eigenvalue weighted by Crippen LogP contribution is 2.17. The van der Waals surface area contributed by atoms with Gasteiger partial charge in [0.15, 0.2) is 11.9 Å². The van der Waals surface area contributed by atoms with Crippen LogP contribution in [-0.4, -0.2) is 48.3 Å². The molecule has 0 radical (unpaired) electrons. The van der Waals surface area contributed by atoms with Crippen molar-refractivity contribution < 1.29 is 28.7 Å². The SMILES string of the molecule is CC(OC(=O)CCNC(=O)CCC(=O)c1cccs1)C(=O)NC(=O)NC1CCCC1. The number of Topliss-reactive ketones (excluding diaryl/α,β-unsaturated/α-hetero) is 1. The third kappa shape index (κ3) is 8.32. The van der Waals surface area contributed by atoms with Crippen LogP contribution in [0.5, 0.6) is 0 Å². The van der Waals surface area contributed by atoms with Crippen LogP contribution in [0.1, 0.15) is 61.5 Å². The minimum atomic E-state index is -1.13. The number of ether oxygens (including phenoxy) is 1. The van der Waals surface area contributed by atoms with Crippen molar-refractivity contribution in [3.63, 3.8) is 0 Å². The molecule has 1 saturated carbocycles. The van der Waals surface area contributed by atoms with E-state index in [0.29, 0.717) is 4.88 Å². The molecule has 1 aromatic rings. The van der Waals surface area contributed by atoms with Crippen molar-refractivity contribution in [2.75, 3.05) is 6.54 Å². The maximum absolute atomic E-state index is 11.9. The third-order valence-corrected chi connectivity index (χ3v) is 5.54. The highest BCUT2D eigenvalue weighted by molar-refractivity contribution is 7.12. The van der Waals surface area contributed by atoms with Crippen molar-refractivity contribution in [2.45, 2.75) is 64.0 Å². The maximum atomic E-state index is 11.9. The second-order valence-corrected chi connectivity index (χ2v) is 8.02. The fraction of sp³-hybridized carbons (Fsp3) is 0.550. The molecular formula is C20H27N3O6S. The zero-order chi connectivity index (χ0) is 21.9. The zero-order valence-electron chi connectivity index (χ0n) is 16.9. The zero-order valence-corrected chi connectivity index (χ0v) is 17.7. The average Bonchev–Trinajstić information content (AvgIpc) is 3.40. The van der Waals surface area contributed by atoms with Gasteiger partial charge in [-0.1, -0.05) is 18.9 Å². The predicted molar refractivity (Wildman–Crippen MR) is 110 cm³/mol. The molecule has 1 atom stereocenters. The number of hydrogen-bond donors (Lipinski definition) is 3. The number of urea groups is 1. The highest BCUT2D eigenvalue weighted by Gasteiger charge is 2.22. The lowest BCUT2D eigenvalue weighted by Crippen LogP contribution is -2.47. The summed E-state index contributed by atoms with van der Waals surface area (Å²) in [6, 6.07) is 2.95. The first-order valence-electron chi connectivity index (χ1n) is 9.99. The van der Waals surface area contributed by atoms with Crippen LogP contribution in [0.4, 0.5) is 4.79 Å². The van der Waals surface area contributed by atoms with E-state index < -0.39 is 24.0 Å². The number of hydrogen-bond acceptors (Lipinski definition) is 7. The molecule has 3 N–H and O–H groups in total. The monoisotopic (exact) mass is 437 g/mol. The summed E-state index contributed by atoms with van der Waals surface area (Å²) >= 11 is 1.32. The van der Waals surface area contributed by atoms with Gasteiger partial charge in [0.2, 0.25) is 5.91 Å². The van der Waals surface area contributed by atoms with E-state index in [2.05, 4.69) is 16.0 Å². The molecular weight excluding hydrogens is 410 g/mol. The number of thiophene rings is 1. The lowest BCUT2D eigenvalue weighted by molar-refractivity contribution is -0.154. The van der Waals surface area contributed by atoms with E-state index in [1.807, 2.05) is 0 Å². The molecule has 1 aliphatic carbocycles. The summed E-state index contributed by atoms with van der Waals surface area (Å²) < 4.78 is 4.98. The quantitative estimate of drug-likeness (QED) is 0.379. The van der Waals surface area contributed by atoms with Crippen molar-refractivity contribution >= 4 is 40.9 Å². The van der Waals surface area contributed by atoms with Gasteiger partial charge in [0.1, 0.15) is 0 Å². The summed E-state index contributed by atoms with van der Waals surface area (Å²) in [5.74, 6) is -1.84. The normalized spacial score (nSPS) is 14.6. The second kappa shape index (κ2) is 12.1. The Morgan fingerprint density at radius 1 is 1.13 bits per heavy atom. The number of imide groups is 1. The van der Waals surface area contributed by atoms with E-state index in [-0.39, 0.29) is 43.5 Å². The molecule has 1 aromatic heterocycles. The molecule has 0 aliphatic heterocycles. The Labute approximate surface area is 178 Å². The van der Waals surface area contributed by atoms with Gasteiger partial charge < -0.3 is 15.4 Å². The van der Waals surface area contributed by atoms with E-state index in [1.54, 1.807) is 17.5 Å². The molecule has 0 saturated heterocycles. The van der Waals surface area contributed by atoms with Crippen molar-refractivity contribution in [2.24, 2.45) is 0 Å². The highest BCUT2D eigenvalue weighted by atomic mass is 32.1. The maximum Gasteiger partial charge on any atom is 0.321 e. The van der Waals surface area contributed by atoms with E-state index >= 15 is 0 Å². The van der Waals surface area contributed by atoms with Gasteiger partial charge >= 0.3 is 12.0 Å². The number of amides is 4. The van der Waals surface area contributed by atoms with E-state index in [9.17, 15) is 24.0 Å². The van der Waals surface area contributed by atoms with Crippen LogP contribution >= 0.6 is 11.3 Å². The van der Waals surface area contributed by atoms with Crippen LogP contribution in [0.15, 0.2) is 17.5 Å². The van der Waals surface area contributed by atoms with E-state index in [1.165, 1.54) is 18.3 Å². The number of carbonyl (C=O) groups excluding carboxylic acids is 5. The van der Waals surface area contributed by atoms with Crippen LogP contribution in [0, 0.1) is 0 Å². The molecule has 0 bridgehead atoms. The lowest BCUT2D eigenvalue weighted by Gasteiger charge is -2.15. The number of carbonyl (C=O) groups is 5. The molecule has 164 valence electrons. The van der Waals surface area contributed by atoms with Gasteiger partial charge in [-0.2, -0.15) is 0 Å². The second-order valence-electron chi connectivity index (χ2n) is 7.08. The van der Waals surface area contributed by atoms with E-state index in [4.69, 9.17) is 4.74 Å². The van der Waals surface area contributed by atoms with Crippen LogP contribution in [-0.2, 0) is 19.1 Å². The largest absolute Gasteiger partial charge is 0.452 e. The van der Waals surface area contributed by atoms with Gasteiger partial charge in [-0.25, -0.2) is 4.79 Å². The fourth-order valence-corrected chi connectivity index (χ4v) is 3.69. The molecule has 1 unspecified atom stereocenters. The summed E-state index contributed by atoms with van der Waals surface area (Å²) in [6.45, 7) is 1.40. The summed E-state index contributed by atoms with van der Waals surface area (Å²) in [7, 11) is 0. The molecule has 30 heavy (non-hydrogen) atoms. The van der Waals surface area contributed by atoms with Gasteiger partial charge in [0, 0.05) is 25.4 Å². The standard InChI is InChI=1S/C20H27N3O6S/c1-13(19(27)23-20(28)22-14-5-2-3-6-14)29-18(26)10-11-21-17(25)9-8-15(24)16-7-4-12-30-16/h4,7,12-14H,2-3,5-6,8-11H2,1H3,(H,21,25)(H2,22,23,27,28). The van der Waals surface area contributed by atoms with Crippen molar-refractivity contribution in [3.8, 4) is 0 Å². The number of esters is 1. The van der Waals surface area contributed by atoms with Crippen molar-refractivity contribution in [1.29, 1.82) is 0 Å². The molecule has 4 amide bonds. The van der Waals surface area contributed by atoms with Gasteiger partial charge in [-0.3, -0.25) is 24.5 Å². The van der Waals surface area contributed by atoms with Gasteiger partial charge in [-0.15, -0.1) is 11.3 Å². The average molecular weight is 438 g/mol. The molecule has 1 aliphatic rings. The summed E-state index contributed by atoms with van der Waals surface area (Å²) in [5.41, 5.74) is 0. The van der Waals surface area contributed by atoms with Gasteiger partial charge in [0.05, 0.1) is 11.3 Å². The fourth-order valence-electron chi connectivity index (χ4n) is 2.99. The molecule has 0 spiro atoms. The molecule has 10 heteroatoms. The topological polar surface area (TPSA) is 131 Å². The number of ketones is 1. The molecule has 1 heterocycles. The van der Waals surface area contributed by atoms with Crippen molar-refractivity contribution in [1.82, 2.24) is 16.0 Å². The van der Waals surface area contributed by atoms with Gasteiger partial charge in [0.25, 0.3) is 5.91 Å². The Hall–Kier alpha value is -2.75. The van der Waals surface area contributed by atoms with Crippen molar-refractivity contribution in [3.05, 3.63) is 22.4 Å². The lowest BCUT2D eigenvalue weighted by atomic mass is 10.2. The first-order valence-corrected chi connectivity index (χ1v) is 10.9. The number of nitrogens with one attached hydrogen (secondary N) is 3. The Bertz CT molecular complexity index is 759. The van der Waals surface area contributed by atoms with Gasteiger partial charge in [-0.05, 0) is 31.2 Å². The molecule has 0 aromatic carbocycles. The third-order valence-electron chi connectivity index (χ3n) is 4.63. The van der Waals surface area contributed by atoms with Crippen LogP contribution < -0.4 is 16.0 Å². The Balaban J connectivity index is 1.57. The van der Waals surface area contributed by atoms with Crippen LogP contribution in [0.25, 0.3) is 0 Å². The van der Waals surface area contributed by atoms with Crippen LogP contribution in [0.3, 0.4) is 0 Å². The molecule has 1 fully saturated rings. The first kappa shape index (κ1) is 23.5. The smallest absolute Gasteiger partial charge is 0.321 e. The minimum absolute atomic E-state index is 0.0285. The Morgan fingerprint density at radius 2 is 1.87 bits per heavy atom. The van der Waals surface area contributed by atoms with E-state index in [0.717, 1.165) is 25.7 Å². The minimum Gasteiger partial charge on any atom is -0.452 e.